The topological polar surface area (TPSA) is 51.1 Å². The van der Waals surface area contributed by atoms with Crippen LogP contribution in [-0.4, -0.2) is 43.9 Å². The molecule has 1 amide bonds. The molecule has 5 nitrogen and oxygen atoms in total. The maximum atomic E-state index is 12.9. The lowest BCUT2D eigenvalue weighted by molar-refractivity contribution is 0.0532. The highest BCUT2D eigenvalue weighted by Crippen LogP contribution is 2.36. The molecule has 0 saturated heterocycles. The van der Waals surface area contributed by atoms with Crippen LogP contribution in [0.5, 0.6) is 0 Å². The van der Waals surface area contributed by atoms with Crippen LogP contribution in [0, 0.1) is 0 Å². The van der Waals surface area contributed by atoms with E-state index in [1.807, 2.05) is 59.1 Å². The zero-order valence-corrected chi connectivity index (χ0v) is 17.2. The Labute approximate surface area is 155 Å². The summed E-state index contributed by atoms with van der Waals surface area (Å²) >= 11 is 1.57. The molecule has 0 N–H and O–H groups in total. The van der Waals surface area contributed by atoms with Gasteiger partial charge in [-0.25, -0.2) is 4.79 Å². The van der Waals surface area contributed by atoms with Crippen molar-refractivity contribution >= 4 is 35.9 Å². The average molecular weight is 367 g/mol. The standard InChI is InChI=1S/C19H30N2O3S/c1-18(2,3)24-17(22)21(19(4,5)11-12-23-7)14-9-10-15(20-6)16(13-14)25-8/h9-10,13H,6,11-12H2,1-5,7-8H3. The van der Waals surface area contributed by atoms with Crippen LogP contribution in [0.15, 0.2) is 28.1 Å². The second-order valence-electron chi connectivity index (χ2n) is 7.39. The molecule has 0 aliphatic carbocycles. The molecule has 1 rings (SSSR count). The predicted molar refractivity (Wildman–Crippen MR) is 107 cm³/mol. The van der Waals surface area contributed by atoms with Crippen molar-refractivity contribution in [2.45, 2.75) is 57.1 Å². The maximum Gasteiger partial charge on any atom is 0.415 e. The number of carbonyl (C=O) groups is 1. The van der Waals surface area contributed by atoms with Gasteiger partial charge in [-0.05, 0) is 72.2 Å². The first-order chi connectivity index (χ1) is 11.6. The third kappa shape index (κ3) is 6.04. The van der Waals surface area contributed by atoms with Gasteiger partial charge in [-0.15, -0.1) is 11.8 Å². The van der Waals surface area contributed by atoms with Gasteiger partial charge in [0.05, 0.1) is 5.69 Å². The molecule has 6 heteroatoms. The minimum atomic E-state index is -0.572. The fraction of sp³-hybridized carbons (Fsp3) is 0.579. The number of anilines is 1. The van der Waals surface area contributed by atoms with E-state index in [-0.39, 0.29) is 6.09 Å². The zero-order valence-electron chi connectivity index (χ0n) is 16.4. The molecule has 0 unspecified atom stereocenters. The summed E-state index contributed by atoms with van der Waals surface area (Å²) in [6, 6.07) is 5.70. The summed E-state index contributed by atoms with van der Waals surface area (Å²) in [5.41, 5.74) is 0.525. The van der Waals surface area contributed by atoms with E-state index in [2.05, 4.69) is 11.7 Å². The average Bonchev–Trinajstić information content (AvgIpc) is 2.50. The highest BCUT2D eigenvalue weighted by atomic mass is 32.2. The van der Waals surface area contributed by atoms with E-state index in [0.717, 1.165) is 16.3 Å². The van der Waals surface area contributed by atoms with E-state index < -0.39 is 11.1 Å². The molecular weight excluding hydrogens is 336 g/mol. The van der Waals surface area contributed by atoms with Crippen molar-refractivity contribution in [3.8, 4) is 0 Å². The zero-order chi connectivity index (χ0) is 19.3. The number of hydrogen-bond acceptors (Lipinski definition) is 5. The van der Waals surface area contributed by atoms with Crippen molar-refractivity contribution < 1.29 is 14.3 Å². The molecule has 0 aromatic heterocycles. The van der Waals surface area contributed by atoms with Crippen molar-refractivity contribution in [2.75, 3.05) is 24.9 Å². The summed E-state index contributed by atoms with van der Waals surface area (Å²) in [5.74, 6) is 0. The number of aliphatic imine (C=N–C) groups is 1. The largest absolute Gasteiger partial charge is 0.443 e. The van der Waals surface area contributed by atoms with Gasteiger partial charge in [0.15, 0.2) is 0 Å². The second kappa shape index (κ2) is 8.72. The Morgan fingerprint density at radius 3 is 2.40 bits per heavy atom. The molecule has 0 bridgehead atoms. The van der Waals surface area contributed by atoms with E-state index in [1.54, 1.807) is 23.8 Å². The first-order valence-electron chi connectivity index (χ1n) is 8.22. The predicted octanol–water partition coefficient (Wildman–Crippen LogP) is 5.30. The van der Waals surface area contributed by atoms with E-state index in [9.17, 15) is 4.79 Å². The number of nitrogens with zero attached hydrogens (tertiary/aromatic N) is 2. The lowest BCUT2D eigenvalue weighted by atomic mass is 9.98. The first kappa shape index (κ1) is 21.5. The Morgan fingerprint density at radius 2 is 1.92 bits per heavy atom. The van der Waals surface area contributed by atoms with Gasteiger partial charge >= 0.3 is 6.09 Å². The van der Waals surface area contributed by atoms with Gasteiger partial charge in [0.1, 0.15) is 5.60 Å². The third-order valence-electron chi connectivity index (χ3n) is 3.69. The van der Waals surface area contributed by atoms with Gasteiger partial charge in [0, 0.05) is 29.8 Å². The summed E-state index contributed by atoms with van der Waals surface area (Å²) in [6.07, 6.45) is 2.28. The van der Waals surface area contributed by atoms with Crippen LogP contribution in [0.2, 0.25) is 0 Å². The smallest absolute Gasteiger partial charge is 0.415 e. The fourth-order valence-electron chi connectivity index (χ4n) is 2.41. The fourth-order valence-corrected chi connectivity index (χ4v) is 2.99. The number of benzene rings is 1. The number of thioether (sulfide) groups is 1. The molecule has 0 saturated carbocycles. The summed E-state index contributed by atoms with van der Waals surface area (Å²) in [6.45, 7) is 13.8. The number of carbonyl (C=O) groups excluding carboxylic acids is 1. The Hall–Kier alpha value is -1.53. The monoisotopic (exact) mass is 366 g/mol. The summed E-state index contributed by atoms with van der Waals surface area (Å²) in [4.78, 5) is 19.6. The lowest BCUT2D eigenvalue weighted by Gasteiger charge is -2.39. The van der Waals surface area contributed by atoms with Crippen molar-refractivity contribution in [3.05, 3.63) is 18.2 Å². The minimum absolute atomic E-state index is 0.375. The number of rotatable bonds is 7. The van der Waals surface area contributed by atoms with Crippen molar-refractivity contribution in [1.29, 1.82) is 0 Å². The first-order valence-corrected chi connectivity index (χ1v) is 9.45. The molecule has 140 valence electrons. The highest BCUT2D eigenvalue weighted by Gasteiger charge is 2.35. The van der Waals surface area contributed by atoms with Crippen LogP contribution in [0.3, 0.4) is 0 Å². The Bertz CT molecular complexity index is 609. The normalized spacial score (nSPS) is 12.0. The molecule has 0 atom stereocenters. The Balaban J connectivity index is 3.35. The van der Waals surface area contributed by atoms with Crippen molar-refractivity contribution in [1.82, 2.24) is 0 Å². The number of amides is 1. The van der Waals surface area contributed by atoms with E-state index >= 15 is 0 Å². The van der Waals surface area contributed by atoms with Gasteiger partial charge in [-0.2, -0.15) is 0 Å². The molecule has 0 aliphatic rings. The maximum absolute atomic E-state index is 12.9. The highest BCUT2D eigenvalue weighted by molar-refractivity contribution is 7.98. The van der Waals surface area contributed by atoms with Gasteiger partial charge < -0.3 is 9.47 Å². The molecule has 0 heterocycles. The van der Waals surface area contributed by atoms with Gasteiger partial charge in [0.25, 0.3) is 0 Å². The molecule has 1 aromatic rings. The lowest BCUT2D eigenvalue weighted by Crippen LogP contribution is -2.50. The number of methoxy groups -OCH3 is 1. The quantitative estimate of drug-likeness (QED) is 0.485. The van der Waals surface area contributed by atoms with Crippen LogP contribution >= 0.6 is 11.8 Å². The van der Waals surface area contributed by atoms with Crippen LogP contribution < -0.4 is 4.90 Å². The molecule has 0 spiro atoms. The Kier molecular flexibility index (Phi) is 7.50. The van der Waals surface area contributed by atoms with Gasteiger partial charge in [-0.1, -0.05) is 0 Å². The van der Waals surface area contributed by atoms with Crippen LogP contribution in [0.4, 0.5) is 16.2 Å². The van der Waals surface area contributed by atoms with E-state index in [0.29, 0.717) is 13.0 Å². The SMILES string of the molecule is C=Nc1ccc(N(C(=O)OC(C)(C)C)C(C)(C)CCOC)cc1SC. The van der Waals surface area contributed by atoms with Gasteiger partial charge in [0.2, 0.25) is 0 Å². The molecule has 1 aromatic carbocycles. The molecule has 0 fully saturated rings. The molecule has 25 heavy (non-hydrogen) atoms. The van der Waals surface area contributed by atoms with Gasteiger partial charge in [-0.3, -0.25) is 9.89 Å². The number of hydrogen-bond donors (Lipinski definition) is 0. The second-order valence-corrected chi connectivity index (χ2v) is 8.23. The minimum Gasteiger partial charge on any atom is -0.443 e. The summed E-state index contributed by atoms with van der Waals surface area (Å²) in [5, 5.41) is 0. The van der Waals surface area contributed by atoms with Crippen molar-refractivity contribution in [3.63, 3.8) is 0 Å². The van der Waals surface area contributed by atoms with Crippen molar-refractivity contribution in [2.24, 2.45) is 4.99 Å². The van der Waals surface area contributed by atoms with Crippen LogP contribution in [0.1, 0.15) is 41.0 Å². The molecule has 0 aliphatic heterocycles. The van der Waals surface area contributed by atoms with Crippen LogP contribution in [0.25, 0.3) is 0 Å². The van der Waals surface area contributed by atoms with E-state index in [1.165, 1.54) is 0 Å². The summed E-state index contributed by atoms with van der Waals surface area (Å²) < 4.78 is 10.9. The number of ether oxygens (including phenoxy) is 2. The molecular formula is C19H30N2O3S. The van der Waals surface area contributed by atoms with Crippen LogP contribution in [-0.2, 0) is 9.47 Å². The Morgan fingerprint density at radius 1 is 1.28 bits per heavy atom. The third-order valence-corrected chi connectivity index (χ3v) is 4.46. The summed E-state index contributed by atoms with van der Waals surface area (Å²) in [7, 11) is 1.66. The van der Waals surface area contributed by atoms with E-state index in [4.69, 9.17) is 9.47 Å². The molecule has 0 radical (unpaired) electrons.